The number of aromatic nitrogens is 4. The molecule has 10 heteroatoms. The van der Waals surface area contributed by atoms with E-state index in [0.717, 1.165) is 0 Å². The lowest BCUT2D eigenvalue weighted by molar-refractivity contribution is -0.169. The van der Waals surface area contributed by atoms with Crippen LogP contribution < -0.4 is 4.84 Å². The number of hydrogen-bond donors (Lipinski definition) is 4. The zero-order valence-corrected chi connectivity index (χ0v) is 10.9. The van der Waals surface area contributed by atoms with E-state index in [9.17, 15) is 10.2 Å². The fourth-order valence-electron chi connectivity index (χ4n) is 1.98. The van der Waals surface area contributed by atoms with Crippen molar-refractivity contribution in [1.29, 1.82) is 0 Å². The van der Waals surface area contributed by atoms with Gasteiger partial charge in [-0.15, -0.1) is 0 Å². The molecule has 4 N–H and O–H groups in total. The fraction of sp³-hybridized carbons (Fsp3) is 0.500. The molecule has 108 valence electrons. The van der Waals surface area contributed by atoms with E-state index < -0.39 is 31.2 Å². The van der Waals surface area contributed by atoms with Crippen molar-refractivity contribution in [3.8, 4) is 0 Å². The van der Waals surface area contributed by atoms with Gasteiger partial charge in [-0.25, -0.2) is 9.97 Å². The summed E-state index contributed by atoms with van der Waals surface area (Å²) in [7, 11) is 0. The molecule has 1 aliphatic heterocycles. The van der Waals surface area contributed by atoms with Gasteiger partial charge >= 0.3 is 0 Å². The summed E-state index contributed by atoms with van der Waals surface area (Å²) in [6.45, 7) is -0.422. The molecule has 0 radical (unpaired) electrons. The first kappa shape index (κ1) is 13.4. The van der Waals surface area contributed by atoms with Gasteiger partial charge in [0.25, 0.3) is 6.29 Å². The Morgan fingerprint density at radius 2 is 2.20 bits per heavy atom. The first-order valence-electron chi connectivity index (χ1n) is 5.82. The van der Waals surface area contributed by atoms with Crippen molar-refractivity contribution in [3.05, 3.63) is 17.3 Å². The van der Waals surface area contributed by atoms with Gasteiger partial charge in [0.1, 0.15) is 30.2 Å². The highest BCUT2D eigenvalue weighted by Gasteiger charge is 2.44. The van der Waals surface area contributed by atoms with Crippen LogP contribution in [0.2, 0.25) is 0 Å². The molecule has 0 saturated carbocycles. The van der Waals surface area contributed by atoms with Gasteiger partial charge in [0.05, 0.1) is 12.9 Å². The Hall–Kier alpha value is -1.59. The summed E-state index contributed by atoms with van der Waals surface area (Å²) in [5.41, 5.74) is 0.886. The van der Waals surface area contributed by atoms with E-state index >= 15 is 0 Å². The van der Waals surface area contributed by atoms with Crippen LogP contribution >= 0.6 is 12.2 Å². The second-order valence-electron chi connectivity index (χ2n) is 4.29. The van der Waals surface area contributed by atoms with Gasteiger partial charge in [-0.3, -0.25) is 0 Å². The Balaban J connectivity index is 1.87. The Labute approximate surface area is 117 Å². The number of fused-ring (bicyclic) bond motifs is 1. The number of aliphatic hydroxyl groups is 3. The summed E-state index contributed by atoms with van der Waals surface area (Å²) in [6, 6.07) is 0. The molecule has 1 unspecified atom stereocenters. The number of rotatable bonds is 3. The minimum Gasteiger partial charge on any atom is -0.394 e. The third-order valence-corrected chi connectivity index (χ3v) is 3.34. The molecule has 20 heavy (non-hydrogen) atoms. The van der Waals surface area contributed by atoms with E-state index in [-0.39, 0.29) is 0 Å². The maximum atomic E-state index is 9.80. The van der Waals surface area contributed by atoms with Crippen molar-refractivity contribution >= 4 is 23.4 Å². The van der Waals surface area contributed by atoms with Crippen LogP contribution in [0.15, 0.2) is 12.7 Å². The van der Waals surface area contributed by atoms with Crippen molar-refractivity contribution in [2.75, 3.05) is 6.61 Å². The topological polar surface area (TPSA) is 126 Å². The molecule has 9 nitrogen and oxygen atoms in total. The van der Waals surface area contributed by atoms with E-state index in [4.69, 9.17) is 26.9 Å². The van der Waals surface area contributed by atoms with Crippen molar-refractivity contribution in [3.63, 3.8) is 0 Å². The molecule has 0 spiro atoms. The highest BCUT2D eigenvalue weighted by atomic mass is 32.1. The number of H-pyrrole nitrogens is 1. The SMILES string of the molecule is OC[C@H]1OC(On2cnc3c(=S)nc[nH]c32)[C@H](O)[C@@H]1O. The summed E-state index contributed by atoms with van der Waals surface area (Å²) < 4.78 is 6.75. The average molecular weight is 300 g/mol. The molecule has 4 atom stereocenters. The first-order chi connectivity index (χ1) is 9.61. The summed E-state index contributed by atoms with van der Waals surface area (Å²) in [6.07, 6.45) is -1.80. The van der Waals surface area contributed by atoms with Crippen LogP contribution in [0.5, 0.6) is 0 Å². The molecular formula is C10H12N4O5S. The van der Waals surface area contributed by atoms with Crippen LogP contribution in [-0.4, -0.2) is 66.2 Å². The van der Waals surface area contributed by atoms with Crippen molar-refractivity contribution in [2.24, 2.45) is 0 Å². The molecule has 0 amide bonds. The minimum atomic E-state index is -1.28. The molecule has 0 aromatic carbocycles. The standard InChI is InChI=1S/C10H12N4O5S/c15-1-4-6(16)7(17)10(18-4)19-14-3-13-5-8(14)11-2-12-9(5)20/h2-4,6-7,10,15-17H,1H2,(H,11,12,20)/t4-,6-,7-,10?/m1/s1. The van der Waals surface area contributed by atoms with Crippen molar-refractivity contribution < 1.29 is 24.9 Å². The van der Waals surface area contributed by atoms with E-state index in [1.807, 2.05) is 0 Å². The number of nitrogens with one attached hydrogen (secondary N) is 1. The quantitative estimate of drug-likeness (QED) is 0.497. The molecule has 3 rings (SSSR count). The van der Waals surface area contributed by atoms with E-state index in [0.29, 0.717) is 15.8 Å². The van der Waals surface area contributed by atoms with Gasteiger partial charge in [0.2, 0.25) is 0 Å². The number of ether oxygens (including phenoxy) is 1. The van der Waals surface area contributed by atoms with Gasteiger partial charge in [-0.1, -0.05) is 12.2 Å². The maximum absolute atomic E-state index is 9.80. The monoisotopic (exact) mass is 300 g/mol. The predicted octanol–water partition coefficient (Wildman–Crippen LogP) is -1.64. The number of aliphatic hydroxyl groups excluding tert-OH is 3. The number of hydrogen-bond acceptors (Lipinski definition) is 8. The molecule has 3 heterocycles. The molecule has 1 aliphatic rings. The van der Waals surface area contributed by atoms with E-state index in [1.165, 1.54) is 17.4 Å². The van der Waals surface area contributed by atoms with Gasteiger partial charge < -0.3 is 29.9 Å². The Kier molecular flexibility index (Phi) is 3.40. The van der Waals surface area contributed by atoms with E-state index in [1.54, 1.807) is 0 Å². The van der Waals surface area contributed by atoms with Crippen LogP contribution in [0.25, 0.3) is 11.2 Å². The van der Waals surface area contributed by atoms with Gasteiger partial charge in [0.15, 0.2) is 10.3 Å². The van der Waals surface area contributed by atoms with Crippen LogP contribution in [-0.2, 0) is 4.74 Å². The minimum absolute atomic E-state index is 0.308. The first-order valence-corrected chi connectivity index (χ1v) is 6.23. The van der Waals surface area contributed by atoms with Crippen LogP contribution in [0, 0.1) is 4.64 Å². The maximum Gasteiger partial charge on any atom is 0.254 e. The number of aromatic amines is 1. The molecule has 0 bridgehead atoms. The number of imidazole rings is 1. The number of nitrogens with zero attached hydrogens (tertiary/aromatic N) is 3. The third-order valence-electron chi connectivity index (χ3n) is 3.04. The zero-order chi connectivity index (χ0) is 14.3. The summed E-state index contributed by atoms with van der Waals surface area (Å²) in [4.78, 5) is 16.1. The second kappa shape index (κ2) is 5.07. The highest BCUT2D eigenvalue weighted by Crippen LogP contribution is 2.21. The Bertz CT molecular complexity index is 673. The van der Waals surface area contributed by atoms with Crippen LogP contribution in [0.1, 0.15) is 0 Å². The molecule has 0 aliphatic carbocycles. The summed E-state index contributed by atoms with van der Waals surface area (Å²) >= 11 is 5.01. The lowest BCUT2D eigenvalue weighted by Gasteiger charge is -2.16. The largest absolute Gasteiger partial charge is 0.394 e. The fourth-order valence-corrected chi connectivity index (χ4v) is 2.18. The Morgan fingerprint density at radius 1 is 1.40 bits per heavy atom. The van der Waals surface area contributed by atoms with Gasteiger partial charge in [-0.05, 0) is 0 Å². The second-order valence-corrected chi connectivity index (χ2v) is 4.67. The molecule has 2 aromatic heterocycles. The molecule has 1 fully saturated rings. The van der Waals surface area contributed by atoms with Crippen LogP contribution in [0.3, 0.4) is 0 Å². The highest BCUT2D eigenvalue weighted by molar-refractivity contribution is 7.71. The van der Waals surface area contributed by atoms with Gasteiger partial charge in [0, 0.05) is 0 Å². The van der Waals surface area contributed by atoms with Crippen molar-refractivity contribution in [2.45, 2.75) is 24.6 Å². The average Bonchev–Trinajstić information content (AvgIpc) is 2.97. The third kappa shape index (κ3) is 2.07. The van der Waals surface area contributed by atoms with Crippen molar-refractivity contribution in [1.82, 2.24) is 19.7 Å². The van der Waals surface area contributed by atoms with Gasteiger partial charge in [-0.2, -0.15) is 4.73 Å². The van der Waals surface area contributed by atoms with Crippen LogP contribution in [0.4, 0.5) is 0 Å². The summed E-state index contributed by atoms with van der Waals surface area (Å²) in [5.74, 6) is 0. The molecular weight excluding hydrogens is 288 g/mol. The van der Waals surface area contributed by atoms with E-state index in [2.05, 4.69) is 15.0 Å². The smallest absolute Gasteiger partial charge is 0.254 e. The normalized spacial score (nSPS) is 29.9. The summed E-state index contributed by atoms with van der Waals surface area (Å²) in [5, 5.41) is 28.4. The molecule has 2 aromatic rings. The Morgan fingerprint density at radius 3 is 2.90 bits per heavy atom. The lowest BCUT2D eigenvalue weighted by atomic mass is 10.1. The lowest BCUT2D eigenvalue weighted by Crippen LogP contribution is -2.38. The predicted molar refractivity (Wildman–Crippen MR) is 67.1 cm³/mol. The molecule has 1 saturated heterocycles. The zero-order valence-electron chi connectivity index (χ0n) is 10.1.